The monoisotopic (exact) mass is 543 g/mol. The van der Waals surface area contributed by atoms with Crippen LogP contribution in [-0.4, -0.2) is 26.8 Å². The van der Waals surface area contributed by atoms with E-state index in [0.29, 0.717) is 5.75 Å². The molecule has 196 valence electrons. The molecule has 38 heavy (non-hydrogen) atoms. The molecule has 0 aliphatic carbocycles. The first-order valence-corrected chi connectivity index (χ1v) is 12.3. The van der Waals surface area contributed by atoms with Gasteiger partial charge in [-0.3, -0.25) is 14.9 Å². The Morgan fingerprint density at radius 3 is 2.68 bits per heavy atom. The number of hydrogen-bond acceptors (Lipinski definition) is 7. The van der Waals surface area contributed by atoms with E-state index in [-0.39, 0.29) is 35.1 Å². The second-order valence-corrected chi connectivity index (χ2v) is 9.69. The molecule has 5 rings (SSSR count). The van der Waals surface area contributed by atoms with Crippen molar-refractivity contribution in [1.82, 2.24) is 9.78 Å². The van der Waals surface area contributed by atoms with Crippen LogP contribution in [0.2, 0.25) is 0 Å². The van der Waals surface area contributed by atoms with Crippen molar-refractivity contribution in [2.75, 3.05) is 10.6 Å². The lowest BCUT2D eigenvalue weighted by molar-refractivity contribution is -0.384. The van der Waals surface area contributed by atoms with E-state index in [9.17, 15) is 28.1 Å². The first-order chi connectivity index (χ1) is 18.1. The lowest BCUT2D eigenvalue weighted by Gasteiger charge is -2.32. The minimum atomic E-state index is -4.59. The zero-order chi connectivity index (χ0) is 27.0. The van der Waals surface area contributed by atoms with Gasteiger partial charge in [-0.25, -0.2) is 4.68 Å². The predicted molar refractivity (Wildman–Crippen MR) is 135 cm³/mol. The molecule has 1 aliphatic rings. The minimum absolute atomic E-state index is 0.0228. The third-order valence-corrected chi connectivity index (χ3v) is 6.88. The van der Waals surface area contributed by atoms with Crippen molar-refractivity contribution in [3.05, 3.63) is 92.3 Å². The summed E-state index contributed by atoms with van der Waals surface area (Å²) < 4.78 is 48.2. The second kappa shape index (κ2) is 9.82. The third kappa shape index (κ3) is 5.32. The van der Waals surface area contributed by atoms with Gasteiger partial charge in [-0.1, -0.05) is 18.2 Å². The highest BCUT2D eigenvalue weighted by Gasteiger charge is 2.47. The molecule has 13 heteroatoms. The molecule has 2 atom stereocenters. The lowest BCUT2D eigenvalue weighted by atomic mass is 10.0. The van der Waals surface area contributed by atoms with Gasteiger partial charge < -0.3 is 15.4 Å². The Balaban J connectivity index is 1.42. The zero-order valence-electron chi connectivity index (χ0n) is 19.7. The molecule has 2 aromatic carbocycles. The Morgan fingerprint density at radius 1 is 1.18 bits per heavy atom. The maximum absolute atomic E-state index is 13.9. The lowest BCUT2D eigenvalue weighted by Crippen LogP contribution is -2.35. The number of halogens is 3. The fraction of sp³-hybridized carbons (Fsp3) is 0.200. The number of anilines is 2. The predicted octanol–water partition coefficient (Wildman–Crippen LogP) is 6.87. The molecule has 0 saturated heterocycles. The fourth-order valence-corrected chi connectivity index (χ4v) is 4.98. The summed E-state index contributed by atoms with van der Waals surface area (Å²) in [4.78, 5) is 24.5. The molecule has 0 saturated carbocycles. The van der Waals surface area contributed by atoms with Gasteiger partial charge in [0.1, 0.15) is 17.3 Å². The zero-order valence-corrected chi connectivity index (χ0v) is 20.5. The van der Waals surface area contributed by atoms with Crippen molar-refractivity contribution in [3.8, 4) is 11.5 Å². The van der Waals surface area contributed by atoms with Crippen LogP contribution in [0.15, 0.2) is 66.0 Å². The number of amides is 1. The largest absolute Gasteiger partial charge is 0.457 e. The third-order valence-electron chi connectivity index (χ3n) is 5.89. The summed E-state index contributed by atoms with van der Waals surface area (Å²) in [5.41, 5.74) is 0.320. The van der Waals surface area contributed by atoms with E-state index in [1.165, 1.54) is 29.5 Å². The number of benzene rings is 2. The number of nitrogens with one attached hydrogen (secondary N) is 2. The smallest absolute Gasteiger partial charge is 0.410 e. The number of carbonyl (C=O) groups excluding carboxylic acids is 1. The first kappa shape index (κ1) is 25.3. The number of rotatable bonds is 6. The number of ether oxygens (including phenoxy) is 1. The van der Waals surface area contributed by atoms with Gasteiger partial charge in [-0.15, -0.1) is 11.3 Å². The van der Waals surface area contributed by atoms with Gasteiger partial charge in [0.15, 0.2) is 11.7 Å². The van der Waals surface area contributed by atoms with E-state index in [1.54, 1.807) is 35.7 Å². The summed E-state index contributed by atoms with van der Waals surface area (Å²) in [6, 6.07) is 12.9. The molecule has 0 bridgehead atoms. The molecule has 1 aliphatic heterocycles. The Morgan fingerprint density at radius 2 is 2.00 bits per heavy atom. The topological polar surface area (TPSA) is 111 Å². The molecule has 3 heterocycles. The van der Waals surface area contributed by atoms with E-state index >= 15 is 0 Å². The van der Waals surface area contributed by atoms with Crippen molar-refractivity contribution in [3.63, 3.8) is 0 Å². The SMILES string of the molecule is Cc1cccc(Oc2cc(NC(=O)c3cc4n(n3)[C@H](C(F)(F)F)C[C@H](c3cccs3)N4)cc([N+](=O)[O-])c2)c1. The molecule has 2 aromatic heterocycles. The average molecular weight is 544 g/mol. The quantitative estimate of drug-likeness (QED) is 0.203. The number of nitro groups is 1. The van der Waals surface area contributed by atoms with Crippen LogP contribution < -0.4 is 15.4 Å². The maximum atomic E-state index is 13.9. The number of nitrogens with zero attached hydrogens (tertiary/aromatic N) is 3. The molecular formula is C25H20F3N5O4S. The minimum Gasteiger partial charge on any atom is -0.457 e. The van der Waals surface area contributed by atoms with Gasteiger partial charge in [0, 0.05) is 29.5 Å². The van der Waals surface area contributed by atoms with Gasteiger partial charge >= 0.3 is 6.18 Å². The van der Waals surface area contributed by atoms with Gasteiger partial charge in [-0.2, -0.15) is 18.3 Å². The van der Waals surface area contributed by atoms with Crippen LogP contribution in [0.25, 0.3) is 0 Å². The Hall–Kier alpha value is -4.39. The number of aryl methyl sites for hydroxylation is 1. The normalized spacial score (nSPS) is 16.8. The fourth-order valence-electron chi connectivity index (χ4n) is 4.19. The van der Waals surface area contributed by atoms with Crippen molar-refractivity contribution in [2.45, 2.75) is 31.6 Å². The van der Waals surface area contributed by atoms with Crippen LogP contribution in [0.3, 0.4) is 0 Å². The Bertz CT molecular complexity index is 1500. The standard InChI is InChI=1S/C25H20F3N5O4S/c1-14-4-2-5-17(8-14)37-18-10-15(9-16(11-18)33(35)36)29-24(34)20-13-23-30-19(21-6-3-7-38-21)12-22(25(26,27)28)32(23)31-20/h2-11,13,19,22,30H,12H2,1H3,(H,29,34)/t19-,22+/m1/s1. The molecule has 0 unspecified atom stereocenters. The van der Waals surface area contributed by atoms with Gasteiger partial charge in [0.05, 0.1) is 22.7 Å². The number of thiophene rings is 1. The number of carbonyl (C=O) groups is 1. The summed E-state index contributed by atoms with van der Waals surface area (Å²) in [6.45, 7) is 1.86. The number of hydrogen-bond donors (Lipinski definition) is 2. The van der Waals surface area contributed by atoms with Crippen LogP contribution in [-0.2, 0) is 0 Å². The molecule has 0 spiro atoms. The van der Waals surface area contributed by atoms with Crippen LogP contribution in [0.1, 0.15) is 39.4 Å². The van der Waals surface area contributed by atoms with E-state index in [0.717, 1.165) is 21.2 Å². The van der Waals surface area contributed by atoms with Crippen molar-refractivity contribution in [1.29, 1.82) is 0 Å². The highest BCUT2D eigenvalue weighted by atomic mass is 32.1. The number of nitro benzene ring substituents is 1. The van der Waals surface area contributed by atoms with Crippen molar-refractivity contribution >= 4 is 34.4 Å². The molecule has 4 aromatic rings. The van der Waals surface area contributed by atoms with E-state index < -0.39 is 29.1 Å². The van der Waals surface area contributed by atoms with Crippen LogP contribution in [0, 0.1) is 17.0 Å². The molecule has 0 fully saturated rings. The summed E-state index contributed by atoms with van der Waals surface area (Å²) in [7, 11) is 0. The first-order valence-electron chi connectivity index (χ1n) is 11.4. The number of non-ortho nitro benzene ring substituents is 1. The average Bonchev–Trinajstić information content (AvgIpc) is 3.53. The number of fused-ring (bicyclic) bond motifs is 1. The maximum Gasteiger partial charge on any atom is 0.410 e. The summed E-state index contributed by atoms with van der Waals surface area (Å²) >= 11 is 1.33. The second-order valence-electron chi connectivity index (χ2n) is 8.71. The van der Waals surface area contributed by atoms with Gasteiger partial charge in [0.25, 0.3) is 11.6 Å². The molecule has 2 N–H and O–H groups in total. The summed E-state index contributed by atoms with van der Waals surface area (Å²) in [5.74, 6) is -0.245. The Kier molecular flexibility index (Phi) is 6.53. The van der Waals surface area contributed by atoms with Crippen molar-refractivity contribution in [2.24, 2.45) is 0 Å². The molecular weight excluding hydrogens is 523 g/mol. The highest BCUT2D eigenvalue weighted by molar-refractivity contribution is 7.10. The molecule has 1 amide bonds. The molecule has 0 radical (unpaired) electrons. The van der Waals surface area contributed by atoms with E-state index in [1.807, 2.05) is 13.0 Å². The Labute approximate surface area is 218 Å². The van der Waals surface area contributed by atoms with Crippen LogP contribution in [0.5, 0.6) is 11.5 Å². The van der Waals surface area contributed by atoms with Crippen LogP contribution >= 0.6 is 11.3 Å². The highest BCUT2D eigenvalue weighted by Crippen LogP contribution is 2.44. The molecule has 9 nitrogen and oxygen atoms in total. The van der Waals surface area contributed by atoms with Crippen LogP contribution in [0.4, 0.5) is 30.4 Å². The summed E-state index contributed by atoms with van der Waals surface area (Å²) in [6.07, 6.45) is -4.88. The van der Waals surface area contributed by atoms with Gasteiger partial charge in [0.2, 0.25) is 0 Å². The van der Waals surface area contributed by atoms with Gasteiger partial charge in [-0.05, 0) is 36.1 Å². The van der Waals surface area contributed by atoms with Crippen molar-refractivity contribution < 1.29 is 27.6 Å². The summed E-state index contributed by atoms with van der Waals surface area (Å²) in [5, 5.41) is 22.7. The van der Waals surface area contributed by atoms with E-state index in [4.69, 9.17) is 4.74 Å². The number of aromatic nitrogens is 2. The van der Waals surface area contributed by atoms with E-state index in [2.05, 4.69) is 15.7 Å². The number of alkyl halides is 3.